The molecule has 0 saturated carbocycles. The van der Waals surface area contributed by atoms with E-state index in [1.807, 2.05) is 0 Å². The van der Waals surface area contributed by atoms with Gasteiger partial charge >= 0.3 is 0 Å². The molecule has 1 aromatic heterocycles. The Morgan fingerprint density at radius 2 is 2.20 bits per heavy atom. The van der Waals surface area contributed by atoms with Gasteiger partial charge in [0.2, 0.25) is 5.88 Å². The van der Waals surface area contributed by atoms with Gasteiger partial charge in [-0.15, -0.1) is 0 Å². The summed E-state index contributed by atoms with van der Waals surface area (Å²) < 4.78 is 9.66. The van der Waals surface area contributed by atoms with Crippen molar-refractivity contribution in [1.29, 1.82) is 0 Å². The van der Waals surface area contributed by atoms with Crippen LogP contribution in [0.15, 0.2) is 12.3 Å². The highest BCUT2D eigenvalue weighted by Gasteiger charge is 1.92. The number of methoxy groups -OCH3 is 2. The van der Waals surface area contributed by atoms with Crippen LogP contribution in [0.1, 0.15) is 0 Å². The van der Waals surface area contributed by atoms with Gasteiger partial charge in [0.15, 0.2) is 0 Å². The molecule has 0 bridgehead atoms. The third-order valence-electron chi connectivity index (χ3n) is 1.08. The fourth-order valence-electron chi connectivity index (χ4n) is 0.553. The van der Waals surface area contributed by atoms with Crippen LogP contribution < -0.4 is 9.47 Å². The van der Waals surface area contributed by atoms with E-state index < -0.39 is 0 Å². The molecule has 0 unspecified atom stereocenters. The largest absolute Gasteiger partial charge is 0.495 e. The summed E-state index contributed by atoms with van der Waals surface area (Å²) in [5.41, 5.74) is 0. The van der Waals surface area contributed by atoms with Crippen molar-refractivity contribution in [1.82, 2.24) is 4.98 Å². The summed E-state index contributed by atoms with van der Waals surface area (Å²) in [5, 5.41) is 0. The van der Waals surface area contributed by atoms with Gasteiger partial charge in [-0.25, -0.2) is 4.98 Å². The first-order chi connectivity index (χ1) is 4.86. The maximum absolute atomic E-state index is 4.86. The lowest BCUT2D eigenvalue weighted by atomic mass is 10.4. The molecule has 3 nitrogen and oxygen atoms in total. The summed E-state index contributed by atoms with van der Waals surface area (Å²) in [4.78, 5) is 3.87. The zero-order chi connectivity index (χ0) is 7.40. The van der Waals surface area contributed by atoms with Crippen molar-refractivity contribution < 1.29 is 9.47 Å². The molecule has 53 valence electrons. The van der Waals surface area contributed by atoms with E-state index in [0.717, 1.165) is 0 Å². The van der Waals surface area contributed by atoms with Crippen LogP contribution in [0.3, 0.4) is 0 Å². The fourth-order valence-corrected chi connectivity index (χ4v) is 0.553. The van der Waals surface area contributed by atoms with Gasteiger partial charge in [-0.05, 0) is 6.07 Å². The standard InChI is InChI=1S/C7H8NO2/c1-9-6-3-4-7(10-2)8-5-6/h3,5H,1-2H3. The Bertz CT molecular complexity index is 172. The Hall–Kier alpha value is -1.25. The highest BCUT2D eigenvalue weighted by atomic mass is 16.5. The third-order valence-corrected chi connectivity index (χ3v) is 1.08. The maximum Gasteiger partial charge on any atom is 0.221 e. The van der Waals surface area contributed by atoms with Crippen molar-refractivity contribution in [3.8, 4) is 11.6 Å². The number of aromatic nitrogens is 1. The Balaban J connectivity index is 2.80. The zero-order valence-electron chi connectivity index (χ0n) is 5.92. The van der Waals surface area contributed by atoms with Crippen LogP contribution in [0.5, 0.6) is 11.6 Å². The highest BCUT2D eigenvalue weighted by molar-refractivity contribution is 5.20. The number of hydrogen-bond donors (Lipinski definition) is 0. The van der Waals surface area contributed by atoms with Gasteiger partial charge in [0.1, 0.15) is 5.75 Å². The minimum absolute atomic E-state index is 0.473. The van der Waals surface area contributed by atoms with Crippen molar-refractivity contribution in [2.75, 3.05) is 14.2 Å². The minimum Gasteiger partial charge on any atom is -0.495 e. The van der Waals surface area contributed by atoms with Crippen LogP contribution in [0.25, 0.3) is 0 Å². The molecule has 3 heteroatoms. The monoisotopic (exact) mass is 138 g/mol. The molecule has 0 aliphatic rings. The van der Waals surface area contributed by atoms with Crippen molar-refractivity contribution in [3.05, 3.63) is 18.3 Å². The van der Waals surface area contributed by atoms with Crippen molar-refractivity contribution in [2.24, 2.45) is 0 Å². The highest BCUT2D eigenvalue weighted by Crippen LogP contribution is 2.10. The summed E-state index contributed by atoms with van der Waals surface area (Å²) in [6.07, 6.45) is 1.58. The second-order valence-corrected chi connectivity index (χ2v) is 1.66. The quantitative estimate of drug-likeness (QED) is 0.608. The molecule has 0 aromatic carbocycles. The topological polar surface area (TPSA) is 31.4 Å². The predicted molar refractivity (Wildman–Crippen MR) is 36.2 cm³/mol. The lowest BCUT2D eigenvalue weighted by Gasteiger charge is -1.98. The van der Waals surface area contributed by atoms with E-state index in [-0.39, 0.29) is 0 Å². The molecule has 1 rings (SSSR count). The zero-order valence-corrected chi connectivity index (χ0v) is 5.92. The molecular weight excluding hydrogens is 130 g/mol. The molecule has 10 heavy (non-hydrogen) atoms. The van der Waals surface area contributed by atoms with E-state index in [1.54, 1.807) is 26.5 Å². The smallest absolute Gasteiger partial charge is 0.221 e. The van der Waals surface area contributed by atoms with Crippen molar-refractivity contribution in [2.45, 2.75) is 0 Å². The summed E-state index contributed by atoms with van der Waals surface area (Å²) in [5.74, 6) is 1.15. The lowest BCUT2D eigenvalue weighted by molar-refractivity contribution is 0.386. The van der Waals surface area contributed by atoms with E-state index in [2.05, 4.69) is 11.1 Å². The van der Waals surface area contributed by atoms with Crippen molar-refractivity contribution in [3.63, 3.8) is 0 Å². The summed E-state index contributed by atoms with van der Waals surface area (Å²) >= 11 is 0. The molecular formula is C7H8NO2. The maximum atomic E-state index is 4.86. The molecule has 1 heterocycles. The minimum atomic E-state index is 0.473. The van der Waals surface area contributed by atoms with E-state index in [9.17, 15) is 0 Å². The predicted octanol–water partition coefficient (Wildman–Crippen LogP) is 0.899. The Morgan fingerprint density at radius 1 is 1.40 bits per heavy atom. The summed E-state index contributed by atoms with van der Waals surface area (Å²) in [6.45, 7) is 0. The number of ether oxygens (including phenoxy) is 2. The first-order valence-corrected chi connectivity index (χ1v) is 2.82. The normalized spacial score (nSPS) is 9.00. The first kappa shape index (κ1) is 6.86. The fraction of sp³-hybridized carbons (Fsp3) is 0.286. The van der Waals surface area contributed by atoms with Crippen LogP contribution in [0.2, 0.25) is 0 Å². The molecule has 0 aliphatic carbocycles. The Morgan fingerprint density at radius 3 is 2.60 bits per heavy atom. The SMILES string of the molecule is COc1c[c]c(OC)nc1. The van der Waals surface area contributed by atoms with Gasteiger partial charge < -0.3 is 9.47 Å². The lowest BCUT2D eigenvalue weighted by Crippen LogP contribution is -1.88. The van der Waals surface area contributed by atoms with E-state index in [1.165, 1.54) is 0 Å². The second-order valence-electron chi connectivity index (χ2n) is 1.66. The average Bonchev–Trinajstić information content (AvgIpc) is 2.05. The van der Waals surface area contributed by atoms with E-state index >= 15 is 0 Å². The molecule has 0 atom stereocenters. The molecule has 1 radical (unpaired) electrons. The molecule has 0 N–H and O–H groups in total. The van der Waals surface area contributed by atoms with Crippen LogP contribution >= 0.6 is 0 Å². The van der Waals surface area contributed by atoms with Crippen LogP contribution in [-0.4, -0.2) is 19.2 Å². The van der Waals surface area contributed by atoms with Gasteiger partial charge in [0.25, 0.3) is 0 Å². The average molecular weight is 138 g/mol. The second kappa shape index (κ2) is 3.06. The number of pyridine rings is 1. The number of hydrogen-bond acceptors (Lipinski definition) is 3. The summed E-state index contributed by atoms with van der Waals surface area (Å²) in [7, 11) is 3.13. The van der Waals surface area contributed by atoms with Gasteiger partial charge in [-0.1, -0.05) is 0 Å². The van der Waals surface area contributed by atoms with E-state index in [0.29, 0.717) is 11.6 Å². The molecule has 0 aliphatic heterocycles. The molecule has 0 saturated heterocycles. The third kappa shape index (κ3) is 1.37. The number of nitrogens with zero attached hydrogens (tertiary/aromatic N) is 1. The molecule has 0 fully saturated rings. The number of rotatable bonds is 2. The Labute approximate surface area is 59.6 Å². The van der Waals surface area contributed by atoms with Gasteiger partial charge in [0, 0.05) is 0 Å². The first-order valence-electron chi connectivity index (χ1n) is 2.82. The van der Waals surface area contributed by atoms with Crippen LogP contribution in [-0.2, 0) is 0 Å². The van der Waals surface area contributed by atoms with Gasteiger partial charge in [-0.3, -0.25) is 0 Å². The van der Waals surface area contributed by atoms with Crippen LogP contribution in [0, 0.1) is 6.07 Å². The van der Waals surface area contributed by atoms with Crippen molar-refractivity contribution >= 4 is 0 Å². The van der Waals surface area contributed by atoms with Gasteiger partial charge in [-0.2, -0.15) is 0 Å². The molecule has 0 spiro atoms. The van der Waals surface area contributed by atoms with E-state index in [4.69, 9.17) is 9.47 Å². The molecule has 0 amide bonds. The Kier molecular flexibility index (Phi) is 2.10. The van der Waals surface area contributed by atoms with Crippen LogP contribution in [0.4, 0.5) is 0 Å². The summed E-state index contributed by atoms with van der Waals surface area (Å²) in [6, 6.07) is 4.45. The molecule has 1 aromatic rings. The van der Waals surface area contributed by atoms with Gasteiger partial charge in [0.05, 0.1) is 26.5 Å².